The molecule has 5 heteroatoms. The quantitative estimate of drug-likeness (QED) is 0.740. The van der Waals surface area contributed by atoms with Crippen LogP contribution in [0, 0.1) is 0 Å². The molecule has 1 unspecified atom stereocenters. The molecule has 1 aromatic rings. The van der Waals surface area contributed by atoms with E-state index in [9.17, 15) is 4.79 Å². The van der Waals surface area contributed by atoms with Crippen LogP contribution in [0.1, 0.15) is 36.0 Å². The number of benzene rings is 1. The van der Waals surface area contributed by atoms with Gasteiger partial charge in [0.15, 0.2) is 0 Å². The zero-order chi connectivity index (χ0) is 14.5. The minimum absolute atomic E-state index is 0.102. The molecular weight excluding hydrogens is 342 g/mol. The lowest BCUT2D eigenvalue weighted by molar-refractivity contribution is 0.0730. The van der Waals surface area contributed by atoms with Crippen molar-refractivity contribution < 1.29 is 9.53 Å². The van der Waals surface area contributed by atoms with Crippen LogP contribution in [0.3, 0.4) is 0 Å². The van der Waals surface area contributed by atoms with Crippen molar-refractivity contribution in [3.8, 4) is 5.75 Å². The Kier molecular flexibility index (Phi) is 5.73. The fraction of sp³-hybridized carbons (Fsp3) is 0.533. The van der Waals surface area contributed by atoms with Crippen LogP contribution in [0.4, 0.5) is 0 Å². The summed E-state index contributed by atoms with van der Waals surface area (Å²) in [5.74, 6) is 1.50. The van der Waals surface area contributed by atoms with Crippen molar-refractivity contribution in [1.82, 2.24) is 4.90 Å². The smallest absolute Gasteiger partial charge is 0.254 e. The molecule has 0 spiro atoms. The van der Waals surface area contributed by atoms with Gasteiger partial charge in [-0.1, -0.05) is 0 Å². The van der Waals surface area contributed by atoms with E-state index >= 15 is 0 Å². The maximum atomic E-state index is 12.6. The number of rotatable bonds is 5. The fourth-order valence-corrected chi connectivity index (χ4v) is 3.38. The van der Waals surface area contributed by atoms with Gasteiger partial charge in [-0.3, -0.25) is 4.79 Å². The van der Waals surface area contributed by atoms with Crippen LogP contribution in [0.25, 0.3) is 0 Å². The molecular formula is C15H19BrClNO2. The molecule has 1 heterocycles. The summed E-state index contributed by atoms with van der Waals surface area (Å²) in [6, 6.07) is 5.81. The van der Waals surface area contributed by atoms with Gasteiger partial charge >= 0.3 is 0 Å². The molecule has 0 saturated carbocycles. The Morgan fingerprint density at radius 2 is 2.35 bits per heavy atom. The van der Waals surface area contributed by atoms with Crippen molar-refractivity contribution in [2.45, 2.75) is 31.7 Å². The number of ether oxygens (including phenoxy) is 1. The Morgan fingerprint density at radius 3 is 3.00 bits per heavy atom. The van der Waals surface area contributed by atoms with Gasteiger partial charge in [-0.05, 0) is 59.8 Å². The van der Waals surface area contributed by atoms with Gasteiger partial charge < -0.3 is 9.64 Å². The molecule has 0 radical (unpaired) electrons. The molecule has 1 aromatic carbocycles. The molecule has 3 nitrogen and oxygen atoms in total. The van der Waals surface area contributed by atoms with E-state index in [1.165, 1.54) is 0 Å². The van der Waals surface area contributed by atoms with E-state index in [1.54, 1.807) is 7.11 Å². The summed E-state index contributed by atoms with van der Waals surface area (Å²) in [7, 11) is 1.62. The van der Waals surface area contributed by atoms with Crippen LogP contribution in [0.5, 0.6) is 5.75 Å². The number of methoxy groups -OCH3 is 1. The summed E-state index contributed by atoms with van der Waals surface area (Å²) in [4.78, 5) is 14.6. The summed E-state index contributed by atoms with van der Waals surface area (Å²) in [5, 5.41) is 0. The molecule has 1 fully saturated rings. The highest BCUT2D eigenvalue weighted by atomic mass is 79.9. The summed E-state index contributed by atoms with van der Waals surface area (Å²) in [5.41, 5.74) is 0.704. The number of hydrogen-bond donors (Lipinski definition) is 0. The number of amides is 1. The van der Waals surface area contributed by atoms with Crippen molar-refractivity contribution in [3.05, 3.63) is 28.2 Å². The summed E-state index contributed by atoms with van der Waals surface area (Å²) >= 11 is 9.18. The van der Waals surface area contributed by atoms with Gasteiger partial charge in [0.1, 0.15) is 5.75 Å². The maximum absolute atomic E-state index is 12.6. The lowest BCUT2D eigenvalue weighted by Crippen LogP contribution is -2.35. The number of likely N-dealkylation sites (tertiary alicyclic amines) is 1. The second kappa shape index (κ2) is 7.32. The Bertz CT molecular complexity index is 481. The second-order valence-electron chi connectivity index (χ2n) is 4.98. The van der Waals surface area contributed by atoms with E-state index in [1.807, 2.05) is 23.1 Å². The third kappa shape index (κ3) is 3.47. The minimum Gasteiger partial charge on any atom is -0.496 e. The van der Waals surface area contributed by atoms with Gasteiger partial charge in [0.2, 0.25) is 0 Å². The van der Waals surface area contributed by atoms with Gasteiger partial charge in [0, 0.05) is 24.0 Å². The maximum Gasteiger partial charge on any atom is 0.254 e. The highest BCUT2D eigenvalue weighted by Crippen LogP contribution is 2.28. The molecule has 1 atom stereocenters. The zero-order valence-electron chi connectivity index (χ0n) is 11.6. The van der Waals surface area contributed by atoms with Crippen molar-refractivity contribution in [3.63, 3.8) is 0 Å². The predicted molar refractivity (Wildman–Crippen MR) is 84.7 cm³/mol. The second-order valence-corrected chi connectivity index (χ2v) is 6.21. The van der Waals surface area contributed by atoms with Gasteiger partial charge in [0.05, 0.1) is 11.6 Å². The largest absolute Gasteiger partial charge is 0.496 e. The molecule has 0 aliphatic carbocycles. The van der Waals surface area contributed by atoms with Crippen molar-refractivity contribution in [2.24, 2.45) is 0 Å². The molecule has 2 rings (SSSR count). The third-order valence-corrected chi connectivity index (χ3v) is 4.59. The first-order valence-electron chi connectivity index (χ1n) is 6.88. The van der Waals surface area contributed by atoms with Crippen LogP contribution in [0.15, 0.2) is 22.7 Å². The summed E-state index contributed by atoms with van der Waals surface area (Å²) < 4.78 is 6.00. The average molecular weight is 361 g/mol. The van der Waals surface area contributed by atoms with Crippen LogP contribution in [-0.4, -0.2) is 36.4 Å². The fourth-order valence-electron chi connectivity index (χ4n) is 2.68. The van der Waals surface area contributed by atoms with Crippen molar-refractivity contribution in [1.29, 1.82) is 0 Å². The van der Waals surface area contributed by atoms with E-state index in [0.29, 0.717) is 17.5 Å². The molecule has 1 aliphatic heterocycles. The predicted octanol–water partition coefficient (Wildman–Crippen LogP) is 4.08. The van der Waals surface area contributed by atoms with Crippen LogP contribution >= 0.6 is 27.5 Å². The van der Waals surface area contributed by atoms with Crippen LogP contribution in [-0.2, 0) is 0 Å². The van der Waals surface area contributed by atoms with E-state index in [-0.39, 0.29) is 5.91 Å². The highest BCUT2D eigenvalue weighted by molar-refractivity contribution is 9.10. The van der Waals surface area contributed by atoms with Crippen molar-refractivity contribution >= 4 is 33.4 Å². The van der Waals surface area contributed by atoms with Gasteiger partial charge in [-0.25, -0.2) is 0 Å². The number of halogens is 2. The Balaban J connectivity index is 2.11. The number of carbonyl (C=O) groups is 1. The van der Waals surface area contributed by atoms with Crippen LogP contribution in [0.2, 0.25) is 0 Å². The SMILES string of the molecule is COc1ccc(C(=O)N2CCCC2CCCCl)cc1Br. The minimum atomic E-state index is 0.102. The van der Waals surface area contributed by atoms with Crippen LogP contribution < -0.4 is 4.74 Å². The first kappa shape index (κ1) is 15.6. The first-order chi connectivity index (χ1) is 9.67. The van der Waals surface area contributed by atoms with E-state index < -0.39 is 0 Å². The monoisotopic (exact) mass is 359 g/mol. The zero-order valence-corrected chi connectivity index (χ0v) is 13.9. The standard InChI is InChI=1S/C15H19BrClNO2/c1-20-14-7-6-11(10-13(14)16)15(19)18-9-3-5-12(18)4-2-8-17/h6-7,10,12H,2-5,8-9H2,1H3. The van der Waals surface area contributed by atoms with E-state index in [2.05, 4.69) is 15.9 Å². The summed E-state index contributed by atoms with van der Waals surface area (Å²) in [6.45, 7) is 0.843. The average Bonchev–Trinajstić information content (AvgIpc) is 2.92. The molecule has 1 amide bonds. The highest BCUT2D eigenvalue weighted by Gasteiger charge is 2.29. The lowest BCUT2D eigenvalue weighted by Gasteiger charge is -2.25. The molecule has 0 bridgehead atoms. The number of hydrogen-bond acceptors (Lipinski definition) is 2. The van der Waals surface area contributed by atoms with E-state index in [0.717, 1.165) is 42.5 Å². The number of carbonyl (C=O) groups excluding carboxylic acids is 1. The summed E-state index contributed by atoms with van der Waals surface area (Å²) in [6.07, 6.45) is 4.12. The van der Waals surface area contributed by atoms with E-state index in [4.69, 9.17) is 16.3 Å². The van der Waals surface area contributed by atoms with Gasteiger partial charge in [-0.2, -0.15) is 0 Å². The molecule has 110 valence electrons. The molecule has 1 saturated heterocycles. The first-order valence-corrected chi connectivity index (χ1v) is 8.20. The number of alkyl halides is 1. The normalized spacial score (nSPS) is 18.4. The Hall–Kier alpha value is -0.740. The molecule has 1 aliphatic rings. The van der Waals surface area contributed by atoms with Crippen molar-refractivity contribution in [2.75, 3.05) is 19.5 Å². The van der Waals surface area contributed by atoms with Gasteiger partial charge in [-0.15, -0.1) is 11.6 Å². The molecule has 0 aromatic heterocycles. The topological polar surface area (TPSA) is 29.5 Å². The number of nitrogens with zero attached hydrogens (tertiary/aromatic N) is 1. The molecule has 0 N–H and O–H groups in total. The van der Waals surface area contributed by atoms with Gasteiger partial charge in [0.25, 0.3) is 5.91 Å². The third-order valence-electron chi connectivity index (χ3n) is 3.71. The Morgan fingerprint density at radius 1 is 1.55 bits per heavy atom. The Labute approximate surface area is 133 Å². The molecule has 20 heavy (non-hydrogen) atoms. The lowest BCUT2D eigenvalue weighted by atomic mass is 10.1.